The number of fused-ring (bicyclic) bond motifs is 1. The zero-order chi connectivity index (χ0) is 18.3. The van der Waals surface area contributed by atoms with Gasteiger partial charge < -0.3 is 14.8 Å². The smallest absolute Gasteiger partial charge is 0.255 e. The van der Waals surface area contributed by atoms with Gasteiger partial charge in [0.05, 0.1) is 11.4 Å². The van der Waals surface area contributed by atoms with E-state index < -0.39 is 10.0 Å². The maximum Gasteiger partial charge on any atom is 0.255 e. The summed E-state index contributed by atoms with van der Waals surface area (Å²) >= 11 is 0. The number of hydrogen-bond donors (Lipinski definition) is 1. The number of hydrogen-bond acceptors (Lipinski definition) is 5. The van der Waals surface area contributed by atoms with Crippen molar-refractivity contribution in [2.24, 2.45) is 0 Å². The van der Waals surface area contributed by atoms with Crippen LogP contribution in [0.4, 0.5) is 11.4 Å². The fraction of sp³-hybridized carbons (Fsp3) is 0.278. The molecule has 2 aliphatic rings. The van der Waals surface area contributed by atoms with Crippen molar-refractivity contribution in [3.8, 4) is 11.5 Å². The molecule has 1 fully saturated rings. The Hall–Kier alpha value is -2.74. The molecule has 0 unspecified atom stereocenters. The van der Waals surface area contributed by atoms with Crippen LogP contribution in [0.2, 0.25) is 0 Å². The zero-order valence-electron chi connectivity index (χ0n) is 14.2. The second kappa shape index (κ2) is 6.21. The lowest BCUT2D eigenvalue weighted by Gasteiger charge is -2.18. The summed E-state index contributed by atoms with van der Waals surface area (Å²) in [6.07, 6.45) is 0.629. The van der Waals surface area contributed by atoms with Crippen molar-refractivity contribution in [2.75, 3.05) is 28.7 Å². The largest absolute Gasteiger partial charge is 0.454 e. The van der Waals surface area contributed by atoms with Gasteiger partial charge in [0.15, 0.2) is 11.5 Å². The molecule has 0 spiro atoms. The summed E-state index contributed by atoms with van der Waals surface area (Å²) in [5, 5.41) is 2.85. The van der Waals surface area contributed by atoms with Crippen molar-refractivity contribution >= 4 is 27.3 Å². The van der Waals surface area contributed by atoms with E-state index in [1.807, 2.05) is 6.92 Å². The lowest BCUT2D eigenvalue weighted by atomic mass is 10.1. The molecule has 2 aromatic carbocycles. The van der Waals surface area contributed by atoms with Gasteiger partial charge in [-0.1, -0.05) is 0 Å². The van der Waals surface area contributed by atoms with Gasteiger partial charge in [0.2, 0.25) is 16.8 Å². The molecule has 0 saturated carbocycles. The summed E-state index contributed by atoms with van der Waals surface area (Å²) in [5.74, 6) is 1.07. The molecule has 0 aromatic heterocycles. The number of carbonyl (C=O) groups is 1. The summed E-state index contributed by atoms with van der Waals surface area (Å²) in [6, 6.07) is 10.2. The number of benzene rings is 2. The van der Waals surface area contributed by atoms with E-state index in [-0.39, 0.29) is 18.5 Å². The molecule has 2 aliphatic heterocycles. The van der Waals surface area contributed by atoms with Crippen LogP contribution in [0, 0.1) is 6.92 Å². The van der Waals surface area contributed by atoms with Crippen LogP contribution in [-0.4, -0.2) is 33.4 Å². The number of amides is 1. The fourth-order valence-electron chi connectivity index (χ4n) is 3.11. The van der Waals surface area contributed by atoms with E-state index in [9.17, 15) is 13.2 Å². The van der Waals surface area contributed by atoms with E-state index in [1.165, 1.54) is 4.31 Å². The number of rotatable bonds is 3. The van der Waals surface area contributed by atoms with Gasteiger partial charge in [0.25, 0.3) is 5.91 Å². The molecular formula is C18H18N2O5S. The van der Waals surface area contributed by atoms with Gasteiger partial charge in [-0.2, -0.15) is 0 Å². The predicted octanol–water partition coefficient (Wildman–Crippen LogP) is 2.52. The Balaban J connectivity index is 1.54. The normalized spacial score (nSPS) is 17.3. The Kier molecular flexibility index (Phi) is 3.99. The summed E-state index contributed by atoms with van der Waals surface area (Å²) in [5.41, 5.74) is 2.51. The van der Waals surface area contributed by atoms with Gasteiger partial charge in [0, 0.05) is 17.8 Å². The molecule has 2 aromatic rings. The van der Waals surface area contributed by atoms with Crippen LogP contribution in [0.25, 0.3) is 0 Å². The number of carbonyl (C=O) groups excluding carboxylic acids is 1. The van der Waals surface area contributed by atoms with E-state index in [0.717, 1.165) is 5.56 Å². The third-order valence-corrected chi connectivity index (χ3v) is 6.35. The van der Waals surface area contributed by atoms with Crippen molar-refractivity contribution in [3.05, 3.63) is 47.5 Å². The molecule has 0 bridgehead atoms. The summed E-state index contributed by atoms with van der Waals surface area (Å²) < 4.78 is 36.0. The quantitative estimate of drug-likeness (QED) is 0.892. The summed E-state index contributed by atoms with van der Waals surface area (Å²) in [6.45, 7) is 2.48. The number of nitrogens with zero attached hydrogens (tertiary/aromatic N) is 1. The third-order valence-electron chi connectivity index (χ3n) is 4.48. The van der Waals surface area contributed by atoms with Crippen molar-refractivity contribution in [1.29, 1.82) is 0 Å². The molecule has 1 saturated heterocycles. The molecule has 0 aliphatic carbocycles. The number of sulfonamides is 1. The molecule has 0 radical (unpaired) electrons. The Labute approximate surface area is 151 Å². The first-order valence-corrected chi connectivity index (χ1v) is 9.87. The molecule has 8 heteroatoms. The minimum Gasteiger partial charge on any atom is -0.454 e. The van der Waals surface area contributed by atoms with Gasteiger partial charge >= 0.3 is 0 Å². The molecule has 1 amide bonds. The van der Waals surface area contributed by atoms with E-state index in [2.05, 4.69) is 5.32 Å². The van der Waals surface area contributed by atoms with Crippen LogP contribution in [0.5, 0.6) is 11.5 Å². The Bertz CT molecular complexity index is 987. The topological polar surface area (TPSA) is 84.9 Å². The molecule has 136 valence electrons. The van der Waals surface area contributed by atoms with Crippen molar-refractivity contribution in [3.63, 3.8) is 0 Å². The van der Waals surface area contributed by atoms with E-state index in [1.54, 1.807) is 36.4 Å². The molecule has 4 rings (SSSR count). The Morgan fingerprint density at radius 1 is 1.12 bits per heavy atom. The highest BCUT2D eigenvalue weighted by molar-refractivity contribution is 7.93. The maximum atomic E-state index is 12.5. The number of anilines is 2. The average Bonchev–Trinajstić information content (AvgIpc) is 3.21. The minimum atomic E-state index is -3.22. The second-order valence-electron chi connectivity index (χ2n) is 6.26. The van der Waals surface area contributed by atoms with Crippen LogP contribution in [0.3, 0.4) is 0 Å². The van der Waals surface area contributed by atoms with Gasteiger partial charge in [-0.25, -0.2) is 8.42 Å². The Morgan fingerprint density at radius 3 is 2.65 bits per heavy atom. The Morgan fingerprint density at radius 2 is 1.92 bits per heavy atom. The molecule has 1 N–H and O–H groups in total. The standard InChI is InChI=1S/C18H18N2O5S/c1-12-9-14(20-7-2-8-26(20,22)23)4-5-15(12)19-18(21)13-3-6-16-17(10-13)25-11-24-16/h3-6,9-10H,2,7-8,11H2,1H3,(H,19,21). The average molecular weight is 374 g/mol. The van der Waals surface area contributed by atoms with Gasteiger partial charge in [0.1, 0.15) is 0 Å². The maximum absolute atomic E-state index is 12.5. The van der Waals surface area contributed by atoms with Crippen molar-refractivity contribution < 1.29 is 22.7 Å². The molecule has 26 heavy (non-hydrogen) atoms. The monoisotopic (exact) mass is 374 g/mol. The first kappa shape index (κ1) is 16.7. The first-order valence-electron chi connectivity index (χ1n) is 8.26. The SMILES string of the molecule is Cc1cc(N2CCCS2(=O)=O)ccc1NC(=O)c1ccc2c(c1)OCO2. The summed E-state index contributed by atoms with van der Waals surface area (Å²) in [7, 11) is -3.22. The van der Waals surface area contributed by atoms with E-state index >= 15 is 0 Å². The van der Waals surface area contributed by atoms with Crippen LogP contribution >= 0.6 is 0 Å². The third kappa shape index (κ3) is 2.96. The van der Waals surface area contributed by atoms with Crippen LogP contribution < -0.4 is 19.1 Å². The van der Waals surface area contributed by atoms with Crippen LogP contribution in [0.1, 0.15) is 22.3 Å². The summed E-state index contributed by atoms with van der Waals surface area (Å²) in [4.78, 5) is 12.5. The fourth-order valence-corrected chi connectivity index (χ4v) is 4.66. The lowest BCUT2D eigenvalue weighted by Crippen LogP contribution is -2.25. The van der Waals surface area contributed by atoms with E-state index in [4.69, 9.17) is 9.47 Å². The van der Waals surface area contributed by atoms with Gasteiger partial charge in [-0.05, 0) is 55.3 Å². The zero-order valence-corrected chi connectivity index (χ0v) is 15.0. The van der Waals surface area contributed by atoms with Crippen molar-refractivity contribution in [1.82, 2.24) is 0 Å². The first-order chi connectivity index (χ1) is 12.4. The highest BCUT2D eigenvalue weighted by Crippen LogP contribution is 2.33. The van der Waals surface area contributed by atoms with Crippen molar-refractivity contribution in [2.45, 2.75) is 13.3 Å². The van der Waals surface area contributed by atoms with Crippen LogP contribution in [0.15, 0.2) is 36.4 Å². The van der Waals surface area contributed by atoms with Crippen LogP contribution in [-0.2, 0) is 10.0 Å². The van der Waals surface area contributed by atoms with Gasteiger partial charge in [-0.15, -0.1) is 0 Å². The number of nitrogens with one attached hydrogen (secondary N) is 1. The highest BCUT2D eigenvalue weighted by atomic mass is 32.2. The molecule has 2 heterocycles. The molecule has 7 nitrogen and oxygen atoms in total. The number of aryl methyl sites for hydroxylation is 1. The molecular weight excluding hydrogens is 356 g/mol. The minimum absolute atomic E-state index is 0.153. The van der Waals surface area contributed by atoms with Gasteiger partial charge in [-0.3, -0.25) is 9.10 Å². The second-order valence-corrected chi connectivity index (χ2v) is 8.28. The molecule has 0 atom stereocenters. The van der Waals surface area contributed by atoms with E-state index in [0.29, 0.717) is 41.4 Å². The predicted molar refractivity (Wildman–Crippen MR) is 97.4 cm³/mol. The number of ether oxygens (including phenoxy) is 2. The highest BCUT2D eigenvalue weighted by Gasteiger charge is 2.28. The lowest BCUT2D eigenvalue weighted by molar-refractivity contribution is 0.102.